The molecule has 0 aliphatic carbocycles. The number of amides is 2. The summed E-state index contributed by atoms with van der Waals surface area (Å²) >= 11 is 4.21. The van der Waals surface area contributed by atoms with Gasteiger partial charge in [0.2, 0.25) is 5.91 Å². The topological polar surface area (TPSA) is 58.2 Å². The molecule has 0 fully saturated rings. The van der Waals surface area contributed by atoms with Crippen LogP contribution in [0.25, 0.3) is 0 Å². The van der Waals surface area contributed by atoms with Crippen molar-refractivity contribution in [3.8, 4) is 0 Å². The second-order valence-corrected chi connectivity index (χ2v) is 4.73. The van der Waals surface area contributed by atoms with E-state index < -0.39 is 0 Å². The molecule has 2 amide bonds. The number of benzene rings is 1. The van der Waals surface area contributed by atoms with Crippen LogP contribution in [0.4, 0.5) is 0 Å². The van der Waals surface area contributed by atoms with Crippen LogP contribution in [0.3, 0.4) is 0 Å². The fourth-order valence-corrected chi connectivity index (χ4v) is 1.71. The van der Waals surface area contributed by atoms with Crippen molar-refractivity contribution in [2.45, 2.75) is 31.2 Å². The molecule has 0 radical (unpaired) electrons. The fourth-order valence-electron chi connectivity index (χ4n) is 1.44. The van der Waals surface area contributed by atoms with Gasteiger partial charge >= 0.3 is 0 Å². The Labute approximate surface area is 113 Å². The highest BCUT2D eigenvalue weighted by Gasteiger charge is 2.09. The van der Waals surface area contributed by atoms with Crippen molar-refractivity contribution >= 4 is 24.4 Å². The van der Waals surface area contributed by atoms with E-state index in [0.717, 1.165) is 0 Å². The first-order valence-electron chi connectivity index (χ1n) is 5.86. The number of nitrogens with one attached hydrogen (secondary N) is 2. The second-order valence-electron chi connectivity index (χ2n) is 4.25. The Hall–Kier alpha value is -1.49. The average Bonchev–Trinajstić information content (AvgIpc) is 2.28. The van der Waals surface area contributed by atoms with Crippen molar-refractivity contribution in [1.29, 1.82) is 0 Å². The first kappa shape index (κ1) is 14.6. The molecule has 0 atom stereocenters. The highest BCUT2D eigenvalue weighted by molar-refractivity contribution is 7.80. The Bertz CT molecular complexity index is 433. The van der Waals surface area contributed by atoms with E-state index in [4.69, 9.17) is 0 Å². The summed E-state index contributed by atoms with van der Waals surface area (Å²) in [5.74, 6) is -0.276. The summed E-state index contributed by atoms with van der Waals surface area (Å²) in [5, 5.41) is 5.46. The fraction of sp³-hybridized carbons (Fsp3) is 0.385. The molecule has 1 rings (SSSR count). The van der Waals surface area contributed by atoms with Crippen molar-refractivity contribution in [2.24, 2.45) is 0 Å². The molecular weight excluding hydrogens is 248 g/mol. The number of thiol groups is 1. The van der Waals surface area contributed by atoms with Crippen LogP contribution >= 0.6 is 12.6 Å². The summed E-state index contributed by atoms with van der Waals surface area (Å²) < 4.78 is 0. The van der Waals surface area contributed by atoms with Crippen molar-refractivity contribution in [3.05, 3.63) is 29.8 Å². The zero-order valence-corrected chi connectivity index (χ0v) is 11.5. The Morgan fingerprint density at radius 3 is 2.56 bits per heavy atom. The molecule has 0 saturated heterocycles. The molecule has 1 aromatic rings. The molecule has 0 saturated carbocycles. The van der Waals surface area contributed by atoms with Crippen LogP contribution in [0.5, 0.6) is 0 Å². The normalized spacial score (nSPS) is 10.2. The van der Waals surface area contributed by atoms with E-state index in [2.05, 4.69) is 23.3 Å². The van der Waals surface area contributed by atoms with Crippen LogP contribution in [0.15, 0.2) is 29.2 Å². The molecule has 0 aliphatic heterocycles. The predicted octanol–water partition coefficient (Wildman–Crippen LogP) is 1.62. The lowest BCUT2D eigenvalue weighted by atomic mass is 10.2. The lowest BCUT2D eigenvalue weighted by molar-refractivity contribution is -0.121. The minimum absolute atomic E-state index is 0.0653. The molecule has 0 unspecified atom stereocenters. The molecule has 0 spiro atoms. The Morgan fingerprint density at radius 2 is 1.94 bits per heavy atom. The van der Waals surface area contributed by atoms with Gasteiger partial charge in [-0.05, 0) is 26.0 Å². The average molecular weight is 266 g/mol. The summed E-state index contributed by atoms with van der Waals surface area (Å²) in [6.07, 6.45) is 0.276. The van der Waals surface area contributed by atoms with Crippen LogP contribution in [0, 0.1) is 0 Å². The van der Waals surface area contributed by atoms with Gasteiger partial charge in [0.25, 0.3) is 5.91 Å². The van der Waals surface area contributed by atoms with E-state index in [-0.39, 0.29) is 24.3 Å². The predicted molar refractivity (Wildman–Crippen MR) is 73.9 cm³/mol. The van der Waals surface area contributed by atoms with Gasteiger partial charge in [-0.1, -0.05) is 12.1 Å². The van der Waals surface area contributed by atoms with Gasteiger partial charge in [0.05, 0.1) is 5.56 Å². The van der Waals surface area contributed by atoms with E-state index in [1.165, 1.54) is 0 Å². The number of carbonyl (C=O) groups is 2. The zero-order chi connectivity index (χ0) is 13.5. The molecule has 1 aromatic carbocycles. The lowest BCUT2D eigenvalue weighted by Crippen LogP contribution is -2.34. The SMILES string of the molecule is CC(C)NC(=O)CCNC(=O)c1ccccc1S. The maximum absolute atomic E-state index is 11.8. The summed E-state index contributed by atoms with van der Waals surface area (Å²) in [6.45, 7) is 4.11. The van der Waals surface area contributed by atoms with Crippen LogP contribution in [-0.2, 0) is 4.79 Å². The molecule has 98 valence electrons. The molecule has 4 nitrogen and oxygen atoms in total. The maximum Gasteiger partial charge on any atom is 0.252 e. The maximum atomic E-state index is 11.8. The first-order valence-corrected chi connectivity index (χ1v) is 6.31. The highest BCUT2D eigenvalue weighted by atomic mass is 32.1. The molecule has 0 aromatic heterocycles. The minimum Gasteiger partial charge on any atom is -0.354 e. The summed E-state index contributed by atoms with van der Waals surface area (Å²) in [6, 6.07) is 7.16. The van der Waals surface area contributed by atoms with Crippen molar-refractivity contribution in [2.75, 3.05) is 6.54 Å². The third-order valence-corrected chi connectivity index (χ3v) is 2.63. The van der Waals surface area contributed by atoms with Crippen molar-refractivity contribution in [1.82, 2.24) is 10.6 Å². The van der Waals surface area contributed by atoms with Crippen LogP contribution in [0.2, 0.25) is 0 Å². The van der Waals surface area contributed by atoms with Gasteiger partial charge in [-0.25, -0.2) is 0 Å². The summed E-state index contributed by atoms with van der Waals surface area (Å²) in [4.78, 5) is 23.8. The van der Waals surface area contributed by atoms with Gasteiger partial charge < -0.3 is 10.6 Å². The number of hydrogen-bond acceptors (Lipinski definition) is 3. The van der Waals surface area contributed by atoms with E-state index in [1.807, 2.05) is 19.9 Å². The van der Waals surface area contributed by atoms with Gasteiger partial charge in [-0.15, -0.1) is 12.6 Å². The van der Waals surface area contributed by atoms with E-state index in [0.29, 0.717) is 17.0 Å². The standard InChI is InChI=1S/C13H18N2O2S/c1-9(2)15-12(16)7-8-14-13(17)10-5-3-4-6-11(10)18/h3-6,9,18H,7-8H2,1-2H3,(H,14,17)(H,15,16). The molecule has 0 heterocycles. The lowest BCUT2D eigenvalue weighted by Gasteiger charge is -2.09. The highest BCUT2D eigenvalue weighted by Crippen LogP contribution is 2.12. The van der Waals surface area contributed by atoms with E-state index in [1.54, 1.807) is 18.2 Å². The molecular formula is C13H18N2O2S. The third kappa shape index (κ3) is 4.79. The Kier molecular flexibility index (Phi) is 5.71. The molecule has 0 aliphatic rings. The van der Waals surface area contributed by atoms with Crippen LogP contribution < -0.4 is 10.6 Å². The minimum atomic E-state index is -0.210. The van der Waals surface area contributed by atoms with Crippen molar-refractivity contribution < 1.29 is 9.59 Å². The van der Waals surface area contributed by atoms with Crippen LogP contribution in [0.1, 0.15) is 30.6 Å². The quantitative estimate of drug-likeness (QED) is 0.709. The third-order valence-electron chi connectivity index (χ3n) is 2.24. The van der Waals surface area contributed by atoms with Crippen molar-refractivity contribution in [3.63, 3.8) is 0 Å². The summed E-state index contributed by atoms with van der Waals surface area (Å²) in [7, 11) is 0. The van der Waals surface area contributed by atoms with Gasteiger partial charge in [-0.2, -0.15) is 0 Å². The molecule has 18 heavy (non-hydrogen) atoms. The molecule has 0 bridgehead atoms. The zero-order valence-electron chi connectivity index (χ0n) is 10.6. The van der Waals surface area contributed by atoms with Gasteiger partial charge in [-0.3, -0.25) is 9.59 Å². The molecule has 5 heteroatoms. The van der Waals surface area contributed by atoms with Crippen LogP contribution in [-0.4, -0.2) is 24.4 Å². The van der Waals surface area contributed by atoms with Gasteiger partial charge in [0, 0.05) is 23.9 Å². The second kappa shape index (κ2) is 7.06. The largest absolute Gasteiger partial charge is 0.354 e. The first-order chi connectivity index (χ1) is 8.50. The number of hydrogen-bond donors (Lipinski definition) is 3. The van der Waals surface area contributed by atoms with E-state index >= 15 is 0 Å². The monoisotopic (exact) mass is 266 g/mol. The summed E-state index contributed by atoms with van der Waals surface area (Å²) in [5.41, 5.74) is 0.519. The van der Waals surface area contributed by atoms with Gasteiger partial charge in [0.1, 0.15) is 0 Å². The Morgan fingerprint density at radius 1 is 1.28 bits per heavy atom. The van der Waals surface area contributed by atoms with E-state index in [9.17, 15) is 9.59 Å². The number of carbonyl (C=O) groups excluding carboxylic acids is 2. The number of rotatable bonds is 5. The Balaban J connectivity index is 2.39. The molecule has 2 N–H and O–H groups in total. The van der Waals surface area contributed by atoms with Gasteiger partial charge in [0.15, 0.2) is 0 Å². The smallest absolute Gasteiger partial charge is 0.252 e.